The van der Waals surface area contributed by atoms with Crippen LogP contribution >= 0.6 is 0 Å². The van der Waals surface area contributed by atoms with Gasteiger partial charge in [0.05, 0.1) is 23.1 Å². The Hall–Kier alpha value is -2.21. The molecule has 1 aromatic heterocycles. The minimum Gasteiger partial charge on any atom is -0.338 e. The molecular weight excluding hydrogens is 343 g/mol. The molecule has 6 heteroatoms. The largest absolute Gasteiger partial charge is 0.338 e. The summed E-state index contributed by atoms with van der Waals surface area (Å²) in [5.74, 6) is 0.661. The zero-order chi connectivity index (χ0) is 18.8. The van der Waals surface area contributed by atoms with Crippen LogP contribution in [0.4, 0.5) is 4.39 Å². The summed E-state index contributed by atoms with van der Waals surface area (Å²) in [6.07, 6.45) is 7.09. The lowest BCUT2D eigenvalue weighted by Gasteiger charge is -2.32. The van der Waals surface area contributed by atoms with Crippen molar-refractivity contribution in [1.29, 1.82) is 0 Å². The number of aromatic nitrogens is 2. The summed E-state index contributed by atoms with van der Waals surface area (Å²) >= 11 is 0. The van der Waals surface area contributed by atoms with Gasteiger partial charge in [-0.05, 0) is 68.8 Å². The van der Waals surface area contributed by atoms with Crippen LogP contribution in [0.15, 0.2) is 30.5 Å². The molecule has 1 aromatic carbocycles. The van der Waals surface area contributed by atoms with Gasteiger partial charge in [0, 0.05) is 19.1 Å². The smallest absolute Gasteiger partial charge is 0.257 e. The van der Waals surface area contributed by atoms with Crippen LogP contribution in [0, 0.1) is 11.7 Å². The number of carbonyl (C=O) groups excluding carboxylic acids is 1. The molecular formula is C21H27FN4O. The Morgan fingerprint density at radius 3 is 2.52 bits per heavy atom. The highest BCUT2D eigenvalue weighted by molar-refractivity contribution is 5.95. The van der Waals surface area contributed by atoms with E-state index in [1.165, 1.54) is 25.0 Å². The second-order valence-corrected chi connectivity index (χ2v) is 7.66. The summed E-state index contributed by atoms with van der Waals surface area (Å²) in [6.45, 7) is 4.71. The van der Waals surface area contributed by atoms with Crippen molar-refractivity contribution in [3.63, 3.8) is 0 Å². The van der Waals surface area contributed by atoms with Gasteiger partial charge in [-0.3, -0.25) is 4.79 Å². The third-order valence-corrected chi connectivity index (χ3v) is 5.68. The van der Waals surface area contributed by atoms with Crippen molar-refractivity contribution < 1.29 is 9.18 Å². The fraction of sp³-hybridized carbons (Fsp3) is 0.524. The number of rotatable bonds is 6. The number of hydrogen-bond acceptors (Lipinski definition) is 3. The maximum absolute atomic E-state index is 13.2. The summed E-state index contributed by atoms with van der Waals surface area (Å²) in [4.78, 5) is 15.0. The minimum absolute atomic E-state index is 0.0563. The van der Waals surface area contributed by atoms with Crippen molar-refractivity contribution >= 4 is 5.91 Å². The molecule has 2 heterocycles. The topological polar surface area (TPSA) is 50.2 Å². The molecule has 2 aliphatic rings. The molecule has 1 saturated carbocycles. The zero-order valence-electron chi connectivity index (χ0n) is 15.8. The van der Waals surface area contributed by atoms with E-state index in [2.05, 4.69) is 10.4 Å². The molecule has 0 spiro atoms. The second kappa shape index (κ2) is 7.80. The molecule has 1 amide bonds. The first-order valence-corrected chi connectivity index (χ1v) is 10.0. The first-order valence-electron chi connectivity index (χ1n) is 10.0. The summed E-state index contributed by atoms with van der Waals surface area (Å²) < 4.78 is 14.9. The number of halogens is 1. The van der Waals surface area contributed by atoms with Gasteiger partial charge in [-0.15, -0.1) is 0 Å². The van der Waals surface area contributed by atoms with Crippen molar-refractivity contribution in [1.82, 2.24) is 20.0 Å². The Kier molecular flexibility index (Phi) is 5.25. The fourth-order valence-electron chi connectivity index (χ4n) is 3.81. The molecule has 144 valence electrons. The number of carbonyl (C=O) groups is 1. The van der Waals surface area contributed by atoms with Crippen LogP contribution in [0.25, 0.3) is 5.69 Å². The molecule has 0 atom stereocenters. The summed E-state index contributed by atoms with van der Waals surface area (Å²) in [5, 5.41) is 8.06. The van der Waals surface area contributed by atoms with Gasteiger partial charge in [-0.1, -0.05) is 6.92 Å². The van der Waals surface area contributed by atoms with E-state index >= 15 is 0 Å². The number of nitrogens with zero attached hydrogens (tertiary/aromatic N) is 3. The number of nitrogens with one attached hydrogen (secondary N) is 1. The molecule has 0 radical (unpaired) electrons. The predicted octanol–water partition coefficient (Wildman–Crippen LogP) is 3.18. The van der Waals surface area contributed by atoms with Crippen LogP contribution in [0.3, 0.4) is 0 Å². The van der Waals surface area contributed by atoms with Gasteiger partial charge in [0.2, 0.25) is 0 Å². The van der Waals surface area contributed by atoms with Gasteiger partial charge in [-0.25, -0.2) is 9.07 Å². The van der Waals surface area contributed by atoms with Gasteiger partial charge in [0.1, 0.15) is 5.82 Å². The third kappa shape index (κ3) is 4.05. The van der Waals surface area contributed by atoms with E-state index in [-0.39, 0.29) is 11.7 Å². The summed E-state index contributed by atoms with van der Waals surface area (Å²) in [5.41, 5.74) is 2.31. The molecule has 2 fully saturated rings. The Bertz CT molecular complexity index is 789. The molecule has 0 unspecified atom stereocenters. The predicted molar refractivity (Wildman–Crippen MR) is 103 cm³/mol. The highest BCUT2D eigenvalue weighted by Gasteiger charge is 2.28. The monoisotopic (exact) mass is 370 g/mol. The van der Waals surface area contributed by atoms with Crippen LogP contribution < -0.4 is 5.32 Å². The van der Waals surface area contributed by atoms with Crippen molar-refractivity contribution in [2.45, 2.75) is 45.1 Å². The number of benzene rings is 1. The standard InChI is InChI=1S/C21H27FN4O/c1-2-20-19(14-24-26(20)18-7-5-16(22)6-8-18)21(27)25-11-9-17(10-12-25)23-13-15-3-4-15/h5-8,14-15,17,23H,2-4,9-13H2,1H3. The van der Waals surface area contributed by atoms with E-state index in [1.54, 1.807) is 23.0 Å². The lowest BCUT2D eigenvalue weighted by atomic mass is 10.0. The van der Waals surface area contributed by atoms with Crippen LogP contribution in [0.2, 0.25) is 0 Å². The molecule has 0 bridgehead atoms. The first kappa shape index (κ1) is 18.2. The minimum atomic E-state index is -0.279. The molecule has 4 rings (SSSR count). The number of likely N-dealkylation sites (tertiary alicyclic amines) is 1. The quantitative estimate of drug-likeness (QED) is 0.850. The maximum atomic E-state index is 13.2. The lowest BCUT2D eigenvalue weighted by Crippen LogP contribution is -2.45. The highest BCUT2D eigenvalue weighted by Crippen LogP contribution is 2.28. The van der Waals surface area contributed by atoms with Gasteiger partial charge in [0.25, 0.3) is 5.91 Å². The van der Waals surface area contributed by atoms with Crippen LogP contribution in [0.1, 0.15) is 48.7 Å². The molecule has 1 N–H and O–H groups in total. The maximum Gasteiger partial charge on any atom is 0.257 e. The molecule has 27 heavy (non-hydrogen) atoms. The Balaban J connectivity index is 1.43. The summed E-state index contributed by atoms with van der Waals surface area (Å²) in [6, 6.07) is 6.73. The highest BCUT2D eigenvalue weighted by atomic mass is 19.1. The van der Waals surface area contributed by atoms with Gasteiger partial charge in [-0.2, -0.15) is 5.10 Å². The Morgan fingerprint density at radius 2 is 1.89 bits per heavy atom. The zero-order valence-corrected chi connectivity index (χ0v) is 15.8. The van der Waals surface area contributed by atoms with E-state index < -0.39 is 0 Å². The van der Waals surface area contributed by atoms with Crippen molar-refractivity contribution in [2.24, 2.45) is 5.92 Å². The van der Waals surface area contributed by atoms with Crippen molar-refractivity contribution in [3.05, 3.63) is 47.5 Å². The van der Waals surface area contributed by atoms with E-state index in [0.717, 1.165) is 49.8 Å². The number of amides is 1. The molecule has 1 saturated heterocycles. The van der Waals surface area contributed by atoms with Crippen LogP contribution in [-0.2, 0) is 6.42 Å². The van der Waals surface area contributed by atoms with E-state index in [4.69, 9.17) is 0 Å². The van der Waals surface area contributed by atoms with Gasteiger partial charge < -0.3 is 10.2 Å². The second-order valence-electron chi connectivity index (χ2n) is 7.66. The van der Waals surface area contributed by atoms with Crippen molar-refractivity contribution in [3.8, 4) is 5.69 Å². The molecule has 5 nitrogen and oxygen atoms in total. The van der Waals surface area contributed by atoms with E-state index in [1.807, 2.05) is 11.8 Å². The molecule has 1 aliphatic carbocycles. The van der Waals surface area contributed by atoms with Gasteiger partial charge >= 0.3 is 0 Å². The molecule has 2 aromatic rings. The lowest BCUT2D eigenvalue weighted by molar-refractivity contribution is 0.0704. The van der Waals surface area contributed by atoms with Crippen molar-refractivity contribution in [2.75, 3.05) is 19.6 Å². The fourth-order valence-corrected chi connectivity index (χ4v) is 3.81. The average Bonchev–Trinajstić information content (AvgIpc) is 3.43. The first-order chi connectivity index (χ1) is 13.2. The Morgan fingerprint density at radius 1 is 1.19 bits per heavy atom. The number of piperidine rings is 1. The van der Waals surface area contributed by atoms with E-state index in [0.29, 0.717) is 18.0 Å². The molecule has 1 aliphatic heterocycles. The van der Waals surface area contributed by atoms with Crippen LogP contribution in [-0.4, -0.2) is 46.3 Å². The average molecular weight is 370 g/mol. The van der Waals surface area contributed by atoms with E-state index in [9.17, 15) is 9.18 Å². The third-order valence-electron chi connectivity index (χ3n) is 5.68. The normalized spacial score (nSPS) is 18.1. The SMILES string of the molecule is CCc1c(C(=O)N2CCC(NCC3CC3)CC2)cnn1-c1ccc(F)cc1. The number of hydrogen-bond donors (Lipinski definition) is 1. The van der Waals surface area contributed by atoms with Gasteiger partial charge in [0.15, 0.2) is 0 Å². The van der Waals surface area contributed by atoms with Crippen LogP contribution in [0.5, 0.6) is 0 Å². The Labute approximate surface area is 159 Å². The summed E-state index contributed by atoms with van der Waals surface area (Å²) in [7, 11) is 0.